The van der Waals surface area contributed by atoms with E-state index in [1.165, 1.54) is 24.9 Å². The Morgan fingerprint density at radius 2 is 2.00 bits per heavy atom. The molecule has 1 atom stereocenters. The van der Waals surface area contributed by atoms with Crippen LogP contribution in [0.25, 0.3) is 0 Å². The molecule has 122 valence electrons. The normalized spacial score (nSPS) is 25.3. The molecule has 0 radical (unpaired) electrons. The first kappa shape index (κ1) is 15.9. The van der Waals surface area contributed by atoms with E-state index in [0.29, 0.717) is 11.5 Å². The van der Waals surface area contributed by atoms with Gasteiger partial charge >= 0.3 is 0 Å². The van der Waals surface area contributed by atoms with Gasteiger partial charge < -0.3 is 4.74 Å². The highest BCUT2D eigenvalue weighted by Gasteiger charge is 2.48. The Morgan fingerprint density at radius 1 is 1.27 bits per heavy atom. The van der Waals surface area contributed by atoms with Crippen molar-refractivity contribution in [1.29, 1.82) is 0 Å². The van der Waals surface area contributed by atoms with Crippen LogP contribution in [0.15, 0.2) is 24.3 Å². The zero-order valence-corrected chi connectivity index (χ0v) is 13.7. The van der Waals surface area contributed by atoms with Gasteiger partial charge in [0, 0.05) is 38.4 Å². The van der Waals surface area contributed by atoms with Crippen molar-refractivity contribution in [3.8, 4) is 0 Å². The summed E-state index contributed by atoms with van der Waals surface area (Å²) < 4.78 is 18.6. The van der Waals surface area contributed by atoms with Gasteiger partial charge in [-0.2, -0.15) is 0 Å². The number of hydrogen-bond acceptors (Lipinski definition) is 3. The molecule has 0 amide bonds. The van der Waals surface area contributed by atoms with Crippen LogP contribution in [0, 0.1) is 11.7 Å². The van der Waals surface area contributed by atoms with Crippen molar-refractivity contribution < 1.29 is 9.13 Å². The number of benzene rings is 1. The van der Waals surface area contributed by atoms with Crippen molar-refractivity contribution in [3.63, 3.8) is 0 Å². The van der Waals surface area contributed by atoms with Crippen LogP contribution in [-0.2, 0) is 11.3 Å². The van der Waals surface area contributed by atoms with Gasteiger partial charge in [-0.15, -0.1) is 0 Å². The first-order valence-electron chi connectivity index (χ1n) is 8.37. The summed E-state index contributed by atoms with van der Waals surface area (Å²) in [6.07, 6.45) is 2.49. The highest BCUT2D eigenvalue weighted by molar-refractivity contribution is 5.17. The van der Waals surface area contributed by atoms with Crippen molar-refractivity contribution in [1.82, 2.24) is 9.80 Å². The lowest BCUT2D eigenvalue weighted by atomic mass is 9.75. The van der Waals surface area contributed by atoms with Gasteiger partial charge in [-0.05, 0) is 57.0 Å². The molecule has 2 saturated heterocycles. The molecule has 0 aliphatic carbocycles. The molecule has 0 bridgehead atoms. The molecule has 2 aliphatic heterocycles. The number of likely N-dealkylation sites (N-methyl/N-ethyl adjacent to an activating group) is 1. The molecule has 1 aromatic carbocycles. The van der Waals surface area contributed by atoms with Crippen LogP contribution in [0.5, 0.6) is 0 Å². The Kier molecular flexibility index (Phi) is 4.81. The third-order valence-corrected chi connectivity index (χ3v) is 5.26. The Morgan fingerprint density at radius 3 is 2.68 bits per heavy atom. The largest absolute Gasteiger partial charge is 0.381 e. The maximum Gasteiger partial charge on any atom is 0.123 e. The predicted molar refractivity (Wildman–Crippen MR) is 86.3 cm³/mol. The van der Waals surface area contributed by atoms with E-state index in [2.05, 4.69) is 23.8 Å². The first-order chi connectivity index (χ1) is 10.6. The van der Waals surface area contributed by atoms with Gasteiger partial charge in [-0.3, -0.25) is 9.80 Å². The van der Waals surface area contributed by atoms with Crippen molar-refractivity contribution >= 4 is 0 Å². The summed E-state index contributed by atoms with van der Waals surface area (Å²) >= 11 is 0. The number of halogens is 1. The van der Waals surface area contributed by atoms with Crippen LogP contribution >= 0.6 is 0 Å². The molecule has 1 spiro atoms. The molecule has 0 saturated carbocycles. The fourth-order valence-electron chi connectivity index (χ4n) is 3.95. The Bertz CT molecular complexity index is 482. The van der Waals surface area contributed by atoms with E-state index in [0.717, 1.165) is 32.8 Å². The smallest absolute Gasteiger partial charge is 0.123 e. The van der Waals surface area contributed by atoms with Gasteiger partial charge in [0.1, 0.15) is 5.82 Å². The number of piperidine rings is 1. The fraction of sp³-hybridized carbons (Fsp3) is 0.667. The molecule has 3 rings (SSSR count). The summed E-state index contributed by atoms with van der Waals surface area (Å²) in [5, 5.41) is 0. The molecule has 1 aromatic rings. The van der Waals surface area contributed by atoms with Crippen LogP contribution < -0.4 is 0 Å². The highest BCUT2D eigenvalue weighted by atomic mass is 19.1. The monoisotopic (exact) mass is 306 g/mol. The van der Waals surface area contributed by atoms with Gasteiger partial charge in [0.2, 0.25) is 0 Å². The van der Waals surface area contributed by atoms with E-state index in [-0.39, 0.29) is 5.82 Å². The topological polar surface area (TPSA) is 15.7 Å². The summed E-state index contributed by atoms with van der Waals surface area (Å²) in [6.45, 7) is 8.11. The molecular weight excluding hydrogens is 279 g/mol. The minimum absolute atomic E-state index is 0.158. The van der Waals surface area contributed by atoms with Gasteiger partial charge in [0.25, 0.3) is 0 Å². The summed E-state index contributed by atoms with van der Waals surface area (Å²) in [5.74, 6) is 0.540. The molecule has 4 heteroatoms. The van der Waals surface area contributed by atoms with Crippen LogP contribution in [0.1, 0.15) is 25.3 Å². The zero-order valence-electron chi connectivity index (χ0n) is 13.7. The first-order valence-corrected chi connectivity index (χ1v) is 8.37. The van der Waals surface area contributed by atoms with E-state index in [4.69, 9.17) is 4.74 Å². The number of likely N-dealkylation sites (tertiary alicyclic amines) is 2. The van der Waals surface area contributed by atoms with E-state index in [1.807, 2.05) is 12.1 Å². The number of hydrogen-bond donors (Lipinski definition) is 0. The summed E-state index contributed by atoms with van der Waals surface area (Å²) in [7, 11) is 2.26. The minimum Gasteiger partial charge on any atom is -0.381 e. The second-order valence-corrected chi connectivity index (χ2v) is 6.94. The molecule has 2 heterocycles. The summed E-state index contributed by atoms with van der Waals surface area (Å²) in [5.41, 5.74) is 1.53. The van der Waals surface area contributed by atoms with Crippen LogP contribution in [-0.4, -0.2) is 55.2 Å². The van der Waals surface area contributed by atoms with Crippen molar-refractivity contribution in [2.24, 2.45) is 5.92 Å². The van der Waals surface area contributed by atoms with Gasteiger partial charge in [-0.25, -0.2) is 4.39 Å². The molecule has 0 aromatic heterocycles. The lowest BCUT2D eigenvalue weighted by molar-refractivity contribution is -0.0922. The standard InChI is InChI=1S/C18H27FN2O/c1-3-22-12-16-8-9-20(2)18(10-16)13-21(14-18)11-15-4-6-17(19)7-5-15/h4-7,16H,3,8-14H2,1-2H3/t16-/m1/s1. The molecule has 2 fully saturated rings. The molecule has 0 unspecified atom stereocenters. The van der Waals surface area contributed by atoms with Gasteiger partial charge in [-0.1, -0.05) is 12.1 Å². The summed E-state index contributed by atoms with van der Waals surface area (Å²) in [6, 6.07) is 6.89. The lowest BCUT2D eigenvalue weighted by Crippen LogP contribution is -2.71. The maximum atomic E-state index is 13.0. The molecule has 3 nitrogen and oxygen atoms in total. The van der Waals surface area contributed by atoms with E-state index >= 15 is 0 Å². The predicted octanol–water partition coefficient (Wildman–Crippen LogP) is 2.76. The molecular formula is C18H27FN2O. The minimum atomic E-state index is -0.158. The van der Waals surface area contributed by atoms with E-state index in [9.17, 15) is 4.39 Å². The van der Waals surface area contributed by atoms with Crippen LogP contribution in [0.3, 0.4) is 0 Å². The fourth-order valence-corrected chi connectivity index (χ4v) is 3.95. The maximum absolute atomic E-state index is 13.0. The van der Waals surface area contributed by atoms with Crippen molar-refractivity contribution in [3.05, 3.63) is 35.6 Å². The average molecular weight is 306 g/mol. The Hall–Kier alpha value is -0.970. The number of ether oxygens (including phenoxy) is 1. The third-order valence-electron chi connectivity index (χ3n) is 5.26. The Balaban J connectivity index is 1.54. The average Bonchev–Trinajstić information content (AvgIpc) is 2.48. The molecule has 2 aliphatic rings. The summed E-state index contributed by atoms with van der Waals surface area (Å²) in [4.78, 5) is 5.00. The second-order valence-electron chi connectivity index (χ2n) is 6.94. The van der Waals surface area contributed by atoms with Crippen molar-refractivity contribution in [2.75, 3.05) is 39.9 Å². The number of rotatable bonds is 5. The number of nitrogens with zero attached hydrogens (tertiary/aromatic N) is 2. The quantitative estimate of drug-likeness (QED) is 0.832. The molecule has 0 N–H and O–H groups in total. The Labute approximate surface area is 133 Å². The highest BCUT2D eigenvalue weighted by Crippen LogP contribution is 2.38. The zero-order chi connectivity index (χ0) is 15.6. The third kappa shape index (κ3) is 3.34. The van der Waals surface area contributed by atoms with Crippen LogP contribution in [0.2, 0.25) is 0 Å². The molecule has 22 heavy (non-hydrogen) atoms. The second kappa shape index (κ2) is 6.65. The van der Waals surface area contributed by atoms with E-state index < -0.39 is 0 Å². The van der Waals surface area contributed by atoms with Gasteiger partial charge in [0.05, 0.1) is 0 Å². The lowest BCUT2D eigenvalue weighted by Gasteiger charge is -2.58. The van der Waals surface area contributed by atoms with Crippen molar-refractivity contribution in [2.45, 2.75) is 31.8 Å². The SMILES string of the molecule is CCOC[C@@H]1CCN(C)C2(C1)CN(Cc1ccc(F)cc1)C2. The van der Waals surface area contributed by atoms with Crippen LogP contribution in [0.4, 0.5) is 4.39 Å². The van der Waals surface area contributed by atoms with Gasteiger partial charge in [0.15, 0.2) is 0 Å². The van der Waals surface area contributed by atoms with E-state index in [1.54, 1.807) is 12.1 Å².